The van der Waals surface area contributed by atoms with Crippen LogP contribution in [-0.4, -0.2) is 25.5 Å². The molecule has 0 atom stereocenters. The summed E-state index contributed by atoms with van der Waals surface area (Å²) in [4.78, 5) is 23.7. The zero-order chi connectivity index (χ0) is 15.9. The first-order chi connectivity index (χ1) is 10.7. The number of ether oxygens (including phenoxy) is 2. The molecule has 110 valence electrons. The highest BCUT2D eigenvalue weighted by atomic mass is 16.5. The van der Waals surface area contributed by atoms with E-state index in [1.807, 2.05) is 0 Å². The zero-order valence-corrected chi connectivity index (χ0v) is 12.0. The van der Waals surface area contributed by atoms with Crippen molar-refractivity contribution in [1.82, 2.24) is 0 Å². The smallest absolute Gasteiger partial charge is 0.337 e. The first-order valence-electron chi connectivity index (χ1n) is 6.55. The molecule has 0 aromatic heterocycles. The van der Waals surface area contributed by atoms with Gasteiger partial charge in [0.1, 0.15) is 12.4 Å². The molecule has 0 heterocycles. The number of hydrogen-bond acceptors (Lipinski definition) is 4. The van der Waals surface area contributed by atoms with E-state index in [1.54, 1.807) is 48.5 Å². The van der Waals surface area contributed by atoms with Crippen LogP contribution in [0.1, 0.15) is 26.3 Å². The first-order valence-corrected chi connectivity index (χ1v) is 6.55. The Morgan fingerprint density at radius 2 is 1.45 bits per heavy atom. The number of benzene rings is 2. The molecule has 4 nitrogen and oxygen atoms in total. The lowest BCUT2D eigenvalue weighted by Gasteiger charge is -2.05. The number of terminal acetylenes is 1. The van der Waals surface area contributed by atoms with E-state index in [2.05, 4.69) is 10.7 Å². The van der Waals surface area contributed by atoms with Crippen LogP contribution in [0, 0.1) is 12.3 Å². The molecule has 0 radical (unpaired) electrons. The molecule has 2 rings (SSSR count). The van der Waals surface area contributed by atoms with Crippen molar-refractivity contribution in [1.29, 1.82) is 0 Å². The van der Waals surface area contributed by atoms with Crippen LogP contribution < -0.4 is 4.74 Å². The number of esters is 1. The lowest BCUT2D eigenvalue weighted by molar-refractivity contribution is 0.0600. The highest BCUT2D eigenvalue weighted by Gasteiger charge is 2.11. The van der Waals surface area contributed by atoms with E-state index in [4.69, 9.17) is 11.2 Å². The van der Waals surface area contributed by atoms with Gasteiger partial charge in [-0.2, -0.15) is 0 Å². The van der Waals surface area contributed by atoms with Gasteiger partial charge in [-0.1, -0.05) is 18.1 Å². The van der Waals surface area contributed by atoms with Gasteiger partial charge in [0, 0.05) is 11.1 Å². The monoisotopic (exact) mass is 294 g/mol. The topological polar surface area (TPSA) is 52.6 Å². The number of hydrogen-bond donors (Lipinski definition) is 0. The van der Waals surface area contributed by atoms with Gasteiger partial charge in [0.2, 0.25) is 0 Å². The van der Waals surface area contributed by atoms with Crippen molar-refractivity contribution < 1.29 is 19.1 Å². The summed E-state index contributed by atoms with van der Waals surface area (Å²) >= 11 is 0. The second-order valence-corrected chi connectivity index (χ2v) is 4.42. The Balaban J connectivity index is 2.14. The van der Waals surface area contributed by atoms with Gasteiger partial charge in [0.15, 0.2) is 5.78 Å². The molecule has 0 amide bonds. The Morgan fingerprint density at radius 1 is 0.955 bits per heavy atom. The Morgan fingerprint density at radius 3 is 1.95 bits per heavy atom. The molecule has 2 aromatic rings. The molecule has 2 aromatic carbocycles. The largest absolute Gasteiger partial charge is 0.481 e. The standard InChI is InChI=1S/C18H14O4/c1-3-12-22-16-10-8-14(9-11-16)17(19)13-4-6-15(7-5-13)18(20)21-2/h1,4-11H,12H2,2H3. The lowest BCUT2D eigenvalue weighted by Crippen LogP contribution is -2.04. The van der Waals surface area contributed by atoms with Gasteiger partial charge in [-0.05, 0) is 36.4 Å². The van der Waals surface area contributed by atoms with Crippen LogP contribution in [0.5, 0.6) is 5.75 Å². The van der Waals surface area contributed by atoms with Crippen LogP contribution >= 0.6 is 0 Å². The SMILES string of the molecule is C#CCOc1ccc(C(=O)c2ccc(C(=O)OC)cc2)cc1. The van der Waals surface area contributed by atoms with Gasteiger partial charge in [-0.3, -0.25) is 4.79 Å². The Hall–Kier alpha value is -3.06. The molecule has 0 N–H and O–H groups in total. The first kappa shape index (κ1) is 15.3. The summed E-state index contributed by atoms with van der Waals surface area (Å²) in [5, 5.41) is 0. The Labute approximate surface area is 128 Å². The maximum atomic E-state index is 12.3. The summed E-state index contributed by atoms with van der Waals surface area (Å²) in [7, 11) is 1.31. The molecule has 0 bridgehead atoms. The minimum atomic E-state index is -0.436. The normalized spacial score (nSPS) is 9.64. The van der Waals surface area contributed by atoms with Crippen LogP contribution in [-0.2, 0) is 4.74 Å². The van der Waals surface area contributed by atoms with Crippen LogP contribution in [0.2, 0.25) is 0 Å². The van der Waals surface area contributed by atoms with Crippen molar-refractivity contribution in [3.63, 3.8) is 0 Å². The molecule has 0 spiro atoms. The fraction of sp³-hybridized carbons (Fsp3) is 0.111. The summed E-state index contributed by atoms with van der Waals surface area (Å²) in [6, 6.07) is 13.0. The molecular formula is C18H14O4. The number of carbonyl (C=O) groups excluding carboxylic acids is 2. The highest BCUT2D eigenvalue weighted by molar-refractivity contribution is 6.09. The molecule has 0 saturated carbocycles. The number of methoxy groups -OCH3 is 1. The van der Waals surface area contributed by atoms with Gasteiger partial charge in [0.25, 0.3) is 0 Å². The summed E-state index contributed by atoms with van der Waals surface area (Å²) in [5.74, 6) is 2.40. The third-order valence-corrected chi connectivity index (χ3v) is 3.01. The van der Waals surface area contributed by atoms with Gasteiger partial charge < -0.3 is 9.47 Å². The van der Waals surface area contributed by atoms with Crippen molar-refractivity contribution >= 4 is 11.8 Å². The zero-order valence-electron chi connectivity index (χ0n) is 12.0. The molecule has 4 heteroatoms. The quantitative estimate of drug-likeness (QED) is 0.483. The van der Waals surface area contributed by atoms with Crippen molar-refractivity contribution in [2.45, 2.75) is 0 Å². The lowest BCUT2D eigenvalue weighted by atomic mass is 10.0. The van der Waals surface area contributed by atoms with Crippen molar-refractivity contribution in [3.8, 4) is 18.1 Å². The Bertz CT molecular complexity index is 706. The molecule has 0 unspecified atom stereocenters. The molecule has 0 aliphatic rings. The van der Waals surface area contributed by atoms with E-state index >= 15 is 0 Å². The highest BCUT2D eigenvalue weighted by Crippen LogP contribution is 2.16. The summed E-state index contributed by atoms with van der Waals surface area (Å²) in [6.07, 6.45) is 5.11. The average molecular weight is 294 g/mol. The van der Waals surface area contributed by atoms with Gasteiger partial charge in [-0.25, -0.2) is 4.79 Å². The minimum Gasteiger partial charge on any atom is -0.481 e. The Kier molecular flexibility index (Phi) is 4.94. The third-order valence-electron chi connectivity index (χ3n) is 3.01. The average Bonchev–Trinajstić information content (AvgIpc) is 2.59. The van der Waals surface area contributed by atoms with Crippen molar-refractivity contribution in [3.05, 3.63) is 65.2 Å². The van der Waals surface area contributed by atoms with E-state index in [-0.39, 0.29) is 12.4 Å². The van der Waals surface area contributed by atoms with E-state index in [1.165, 1.54) is 7.11 Å². The number of ketones is 1. The van der Waals surface area contributed by atoms with Crippen LogP contribution in [0.3, 0.4) is 0 Å². The second kappa shape index (κ2) is 7.09. The third kappa shape index (κ3) is 3.53. The molecule has 0 fully saturated rings. The van der Waals surface area contributed by atoms with Crippen LogP contribution in [0.25, 0.3) is 0 Å². The fourth-order valence-corrected chi connectivity index (χ4v) is 1.87. The molecule has 22 heavy (non-hydrogen) atoms. The maximum absolute atomic E-state index is 12.3. The van der Waals surface area contributed by atoms with Crippen molar-refractivity contribution in [2.75, 3.05) is 13.7 Å². The van der Waals surface area contributed by atoms with Crippen LogP contribution in [0.15, 0.2) is 48.5 Å². The number of carbonyl (C=O) groups is 2. The molecular weight excluding hydrogens is 280 g/mol. The summed E-state index contributed by atoms with van der Waals surface area (Å²) in [5.41, 5.74) is 1.42. The fourth-order valence-electron chi connectivity index (χ4n) is 1.87. The van der Waals surface area contributed by atoms with Gasteiger partial charge in [-0.15, -0.1) is 6.42 Å². The van der Waals surface area contributed by atoms with E-state index in [0.717, 1.165) is 0 Å². The minimum absolute atomic E-state index is 0.139. The maximum Gasteiger partial charge on any atom is 0.337 e. The van der Waals surface area contributed by atoms with Crippen molar-refractivity contribution in [2.24, 2.45) is 0 Å². The molecule has 0 saturated heterocycles. The van der Waals surface area contributed by atoms with E-state index in [9.17, 15) is 9.59 Å². The van der Waals surface area contributed by atoms with Gasteiger partial charge >= 0.3 is 5.97 Å². The predicted octanol–water partition coefficient (Wildman–Crippen LogP) is 2.72. The molecule has 0 aliphatic heterocycles. The predicted molar refractivity (Wildman–Crippen MR) is 82.0 cm³/mol. The van der Waals surface area contributed by atoms with Gasteiger partial charge in [0.05, 0.1) is 12.7 Å². The summed E-state index contributed by atoms with van der Waals surface area (Å²) in [6.45, 7) is 0.183. The molecule has 0 aliphatic carbocycles. The van der Waals surface area contributed by atoms with E-state index in [0.29, 0.717) is 22.4 Å². The van der Waals surface area contributed by atoms with Crippen LogP contribution in [0.4, 0.5) is 0 Å². The second-order valence-electron chi connectivity index (χ2n) is 4.42. The number of rotatable bonds is 5. The van der Waals surface area contributed by atoms with E-state index < -0.39 is 5.97 Å². The summed E-state index contributed by atoms with van der Waals surface area (Å²) < 4.78 is 9.87.